The standard InChI is InChI=1S/C11H14ClNO/c1-13-11(4-5-11)7-8-2-3-9(12)6-10(8)14/h2-3,6,13-14H,4-5,7H2,1H3. The van der Waals surface area contributed by atoms with Gasteiger partial charge in [0, 0.05) is 10.6 Å². The van der Waals surface area contributed by atoms with E-state index in [1.807, 2.05) is 19.2 Å². The van der Waals surface area contributed by atoms with Crippen molar-refractivity contribution in [2.45, 2.75) is 24.8 Å². The predicted molar refractivity (Wildman–Crippen MR) is 57.8 cm³/mol. The quantitative estimate of drug-likeness (QED) is 0.805. The Kier molecular flexibility index (Phi) is 2.41. The number of halogens is 1. The van der Waals surface area contributed by atoms with Gasteiger partial charge in [0.25, 0.3) is 0 Å². The zero-order valence-electron chi connectivity index (χ0n) is 8.18. The van der Waals surface area contributed by atoms with Crippen LogP contribution in [0.25, 0.3) is 0 Å². The lowest BCUT2D eigenvalue weighted by atomic mass is 10.0. The molecule has 0 heterocycles. The van der Waals surface area contributed by atoms with Crippen LogP contribution in [0.2, 0.25) is 5.02 Å². The highest BCUT2D eigenvalue weighted by atomic mass is 35.5. The van der Waals surface area contributed by atoms with Crippen LogP contribution in [0.15, 0.2) is 18.2 Å². The first-order valence-electron chi connectivity index (χ1n) is 4.81. The first kappa shape index (κ1) is 9.81. The van der Waals surface area contributed by atoms with E-state index in [2.05, 4.69) is 5.32 Å². The second-order valence-electron chi connectivity index (χ2n) is 3.98. The summed E-state index contributed by atoms with van der Waals surface area (Å²) in [6.45, 7) is 0. The molecule has 0 aliphatic heterocycles. The van der Waals surface area contributed by atoms with Crippen LogP contribution >= 0.6 is 11.6 Å². The fourth-order valence-corrected chi connectivity index (χ4v) is 1.88. The summed E-state index contributed by atoms with van der Waals surface area (Å²) in [7, 11) is 1.97. The van der Waals surface area contributed by atoms with Gasteiger partial charge in [-0.3, -0.25) is 0 Å². The minimum atomic E-state index is 0.227. The van der Waals surface area contributed by atoms with E-state index < -0.39 is 0 Å². The van der Waals surface area contributed by atoms with Gasteiger partial charge in [0.2, 0.25) is 0 Å². The van der Waals surface area contributed by atoms with Gasteiger partial charge < -0.3 is 10.4 Å². The smallest absolute Gasteiger partial charge is 0.120 e. The molecule has 0 atom stereocenters. The molecule has 14 heavy (non-hydrogen) atoms. The highest BCUT2D eigenvalue weighted by Gasteiger charge is 2.41. The number of hydrogen-bond acceptors (Lipinski definition) is 2. The number of phenols is 1. The number of benzene rings is 1. The third-order valence-electron chi connectivity index (χ3n) is 2.96. The van der Waals surface area contributed by atoms with Crippen molar-refractivity contribution in [2.24, 2.45) is 0 Å². The predicted octanol–water partition coefficient (Wildman–Crippen LogP) is 2.34. The Morgan fingerprint density at radius 1 is 1.50 bits per heavy atom. The van der Waals surface area contributed by atoms with E-state index in [-0.39, 0.29) is 5.54 Å². The molecule has 0 saturated heterocycles. The molecule has 1 aliphatic rings. The molecule has 0 aromatic heterocycles. The van der Waals surface area contributed by atoms with Crippen molar-refractivity contribution in [2.75, 3.05) is 7.05 Å². The van der Waals surface area contributed by atoms with E-state index in [9.17, 15) is 5.11 Å². The lowest BCUT2D eigenvalue weighted by Crippen LogP contribution is -2.29. The molecule has 1 aliphatic carbocycles. The van der Waals surface area contributed by atoms with Crippen LogP contribution in [-0.2, 0) is 6.42 Å². The Morgan fingerprint density at radius 3 is 2.71 bits per heavy atom. The summed E-state index contributed by atoms with van der Waals surface area (Å²) < 4.78 is 0. The summed E-state index contributed by atoms with van der Waals surface area (Å²) in [6.07, 6.45) is 3.25. The van der Waals surface area contributed by atoms with Crippen LogP contribution in [0.5, 0.6) is 5.75 Å². The Balaban J connectivity index is 2.17. The normalized spacial score (nSPS) is 18.1. The molecule has 1 aromatic carbocycles. The lowest BCUT2D eigenvalue weighted by Gasteiger charge is -2.14. The molecular formula is C11H14ClNO. The summed E-state index contributed by atoms with van der Waals surface area (Å²) >= 11 is 5.76. The van der Waals surface area contributed by atoms with E-state index in [1.165, 1.54) is 12.8 Å². The van der Waals surface area contributed by atoms with Crippen molar-refractivity contribution in [1.29, 1.82) is 0 Å². The zero-order chi connectivity index (χ0) is 10.2. The highest BCUT2D eigenvalue weighted by Crippen LogP contribution is 2.40. The van der Waals surface area contributed by atoms with Crippen molar-refractivity contribution in [3.8, 4) is 5.75 Å². The highest BCUT2D eigenvalue weighted by molar-refractivity contribution is 6.30. The molecule has 0 unspecified atom stereocenters. The SMILES string of the molecule is CNC1(Cc2ccc(Cl)cc2O)CC1. The summed E-state index contributed by atoms with van der Waals surface area (Å²) in [4.78, 5) is 0. The second kappa shape index (κ2) is 3.44. The van der Waals surface area contributed by atoms with Crippen LogP contribution in [0.1, 0.15) is 18.4 Å². The van der Waals surface area contributed by atoms with Gasteiger partial charge in [0.1, 0.15) is 5.75 Å². The molecule has 3 heteroatoms. The van der Waals surface area contributed by atoms with Crippen LogP contribution in [0, 0.1) is 0 Å². The molecule has 1 fully saturated rings. The molecule has 0 bridgehead atoms. The third kappa shape index (κ3) is 1.86. The molecule has 76 valence electrons. The number of hydrogen-bond donors (Lipinski definition) is 2. The van der Waals surface area contributed by atoms with Gasteiger partial charge in [-0.2, -0.15) is 0 Å². The lowest BCUT2D eigenvalue weighted by molar-refractivity contribution is 0.457. The Morgan fingerprint density at radius 2 is 2.21 bits per heavy atom. The van der Waals surface area contributed by atoms with E-state index in [0.717, 1.165) is 12.0 Å². The van der Waals surface area contributed by atoms with Crippen molar-refractivity contribution >= 4 is 11.6 Å². The fourth-order valence-electron chi connectivity index (χ4n) is 1.72. The van der Waals surface area contributed by atoms with Crippen LogP contribution in [-0.4, -0.2) is 17.7 Å². The van der Waals surface area contributed by atoms with Crippen LogP contribution in [0.4, 0.5) is 0 Å². The maximum Gasteiger partial charge on any atom is 0.120 e. The van der Waals surface area contributed by atoms with Crippen molar-refractivity contribution in [3.05, 3.63) is 28.8 Å². The Labute approximate surface area is 88.9 Å². The molecule has 2 N–H and O–H groups in total. The molecule has 1 saturated carbocycles. The van der Waals surface area contributed by atoms with Gasteiger partial charge in [-0.15, -0.1) is 0 Å². The van der Waals surface area contributed by atoms with Crippen molar-refractivity contribution in [3.63, 3.8) is 0 Å². The van der Waals surface area contributed by atoms with Crippen molar-refractivity contribution in [1.82, 2.24) is 5.32 Å². The number of aromatic hydroxyl groups is 1. The molecular weight excluding hydrogens is 198 g/mol. The fraction of sp³-hybridized carbons (Fsp3) is 0.455. The largest absolute Gasteiger partial charge is 0.508 e. The summed E-state index contributed by atoms with van der Waals surface area (Å²) in [5.41, 5.74) is 1.20. The van der Waals surface area contributed by atoms with Gasteiger partial charge in [-0.05, 0) is 44.0 Å². The van der Waals surface area contributed by atoms with Gasteiger partial charge in [-0.1, -0.05) is 17.7 Å². The Hall–Kier alpha value is -0.730. The second-order valence-corrected chi connectivity index (χ2v) is 4.42. The summed E-state index contributed by atoms with van der Waals surface area (Å²) in [5, 5.41) is 13.5. The number of phenolic OH excluding ortho intramolecular Hbond substituents is 1. The number of rotatable bonds is 3. The minimum Gasteiger partial charge on any atom is -0.508 e. The van der Waals surface area contributed by atoms with E-state index in [0.29, 0.717) is 10.8 Å². The van der Waals surface area contributed by atoms with E-state index in [4.69, 9.17) is 11.6 Å². The van der Waals surface area contributed by atoms with Crippen LogP contribution in [0.3, 0.4) is 0 Å². The van der Waals surface area contributed by atoms with Gasteiger partial charge >= 0.3 is 0 Å². The summed E-state index contributed by atoms with van der Waals surface area (Å²) in [6, 6.07) is 5.32. The molecule has 1 aromatic rings. The summed E-state index contributed by atoms with van der Waals surface area (Å²) in [5.74, 6) is 0.305. The molecule has 0 amide bonds. The molecule has 2 rings (SSSR count). The first-order chi connectivity index (χ1) is 6.65. The maximum atomic E-state index is 9.67. The van der Waals surface area contributed by atoms with E-state index >= 15 is 0 Å². The third-order valence-corrected chi connectivity index (χ3v) is 3.20. The maximum absolute atomic E-state index is 9.67. The molecule has 0 radical (unpaired) electrons. The molecule has 0 spiro atoms. The topological polar surface area (TPSA) is 32.3 Å². The monoisotopic (exact) mass is 211 g/mol. The number of nitrogens with one attached hydrogen (secondary N) is 1. The molecule has 2 nitrogen and oxygen atoms in total. The van der Waals surface area contributed by atoms with Gasteiger partial charge in [0.15, 0.2) is 0 Å². The minimum absolute atomic E-state index is 0.227. The Bertz CT molecular complexity index is 347. The average molecular weight is 212 g/mol. The average Bonchev–Trinajstić information content (AvgIpc) is 2.91. The zero-order valence-corrected chi connectivity index (χ0v) is 8.93. The van der Waals surface area contributed by atoms with Gasteiger partial charge in [0.05, 0.1) is 0 Å². The first-order valence-corrected chi connectivity index (χ1v) is 5.19. The van der Waals surface area contributed by atoms with Crippen molar-refractivity contribution < 1.29 is 5.11 Å². The van der Waals surface area contributed by atoms with E-state index in [1.54, 1.807) is 6.07 Å². The van der Waals surface area contributed by atoms with Gasteiger partial charge in [-0.25, -0.2) is 0 Å². The van der Waals surface area contributed by atoms with Crippen LogP contribution < -0.4 is 5.32 Å². The number of likely N-dealkylation sites (N-methyl/N-ethyl adjacent to an activating group) is 1.